The van der Waals surface area contributed by atoms with Crippen LogP contribution >= 0.6 is 8.60 Å². The first-order valence-electron chi connectivity index (χ1n) is 19.3. The molecule has 3 aromatic rings. The number of anilines is 1. The molecule has 0 saturated heterocycles. The van der Waals surface area contributed by atoms with E-state index < -0.39 is 20.3 Å². The van der Waals surface area contributed by atoms with Crippen molar-refractivity contribution in [2.75, 3.05) is 39.3 Å². The number of hydrogen-bond donors (Lipinski definition) is 2. The van der Waals surface area contributed by atoms with Gasteiger partial charge < -0.3 is 33.9 Å². The van der Waals surface area contributed by atoms with Crippen LogP contribution in [0, 0.1) is 22.7 Å². The average molecular weight is 754 g/mol. The predicted molar refractivity (Wildman–Crippen MR) is 206 cm³/mol. The highest BCUT2D eigenvalue weighted by Crippen LogP contribution is 2.36. The standard InChI is InChI=1S/C39H60N7O6P/c1-3-4-5-6-7-8-9-10-11-12-13-14-15-16-17-18-25-49-28-36(52-35-21-19-33(26-40)43-27-35)29-50-53(47)51-31-39(30-41,48-2)24-23-34-20-22-37-38(42)44-32-45-46(34)37/h19-22,27,32,36,47H,3-18,23-25,28-29,31H2,1-2H3,(H2,42,44,45). The molecule has 0 aliphatic heterocycles. The van der Waals surface area contributed by atoms with Gasteiger partial charge in [-0.05, 0) is 43.5 Å². The van der Waals surface area contributed by atoms with Crippen LogP contribution in [0.25, 0.3) is 5.52 Å². The van der Waals surface area contributed by atoms with Gasteiger partial charge in [0.25, 0.3) is 0 Å². The van der Waals surface area contributed by atoms with E-state index in [0.29, 0.717) is 30.1 Å². The lowest BCUT2D eigenvalue weighted by atomic mass is 9.99. The van der Waals surface area contributed by atoms with E-state index in [4.69, 9.17) is 34.3 Å². The van der Waals surface area contributed by atoms with Gasteiger partial charge in [0.05, 0.1) is 26.0 Å². The number of unbranched alkanes of at least 4 members (excludes halogenated alkanes) is 15. The molecule has 53 heavy (non-hydrogen) atoms. The van der Waals surface area contributed by atoms with Gasteiger partial charge in [0.1, 0.15) is 41.5 Å². The van der Waals surface area contributed by atoms with E-state index in [9.17, 15) is 10.2 Å². The van der Waals surface area contributed by atoms with Gasteiger partial charge in [-0.3, -0.25) is 0 Å². The molecular formula is C39H60N7O6P. The SMILES string of the molecule is CCCCCCCCCCCCCCCCCCOCC(COP(O)OCC(C#N)(CCc1ccc2c(N)ncnn12)OC)Oc1ccc(C#N)nc1. The molecule has 0 radical (unpaired) electrons. The zero-order valence-electron chi connectivity index (χ0n) is 31.8. The van der Waals surface area contributed by atoms with Crippen LogP contribution < -0.4 is 10.5 Å². The van der Waals surface area contributed by atoms with Gasteiger partial charge >= 0.3 is 8.60 Å². The molecule has 3 heterocycles. The second-order valence-corrected chi connectivity index (χ2v) is 14.5. The Hall–Kier alpha value is -3.42. The second kappa shape index (κ2) is 26.4. The Morgan fingerprint density at radius 2 is 1.53 bits per heavy atom. The monoisotopic (exact) mass is 753 g/mol. The summed E-state index contributed by atoms with van der Waals surface area (Å²) in [5, 5.41) is 23.3. The Balaban J connectivity index is 1.34. The Labute approximate surface area is 317 Å². The number of ether oxygens (including phenoxy) is 3. The van der Waals surface area contributed by atoms with Crippen molar-refractivity contribution in [2.24, 2.45) is 0 Å². The molecule has 0 spiro atoms. The minimum atomic E-state index is -2.37. The van der Waals surface area contributed by atoms with Crippen molar-refractivity contribution in [1.82, 2.24) is 19.6 Å². The summed E-state index contributed by atoms with van der Waals surface area (Å²) in [6.45, 7) is 2.82. The number of nitrogens with two attached hydrogens (primary N) is 1. The fourth-order valence-corrected chi connectivity index (χ4v) is 6.72. The van der Waals surface area contributed by atoms with Crippen LogP contribution in [0.3, 0.4) is 0 Å². The molecule has 3 aromatic heterocycles. The van der Waals surface area contributed by atoms with E-state index >= 15 is 0 Å². The number of aryl methyl sites for hydroxylation is 1. The Morgan fingerprint density at radius 1 is 0.868 bits per heavy atom. The van der Waals surface area contributed by atoms with Gasteiger partial charge in [0, 0.05) is 19.4 Å². The van der Waals surface area contributed by atoms with Gasteiger partial charge in [-0.2, -0.15) is 15.6 Å². The van der Waals surface area contributed by atoms with Crippen LogP contribution in [0.4, 0.5) is 5.82 Å². The normalized spacial score (nSPS) is 13.7. The maximum absolute atomic E-state index is 10.6. The highest BCUT2D eigenvalue weighted by molar-refractivity contribution is 7.40. The number of rotatable bonds is 31. The molecule has 13 nitrogen and oxygen atoms in total. The maximum atomic E-state index is 10.6. The van der Waals surface area contributed by atoms with Crippen LogP contribution in [-0.4, -0.2) is 69.7 Å². The summed E-state index contributed by atoms with van der Waals surface area (Å²) in [7, 11) is -0.942. The smallest absolute Gasteiger partial charge is 0.330 e. The fraction of sp³-hybridized carbons (Fsp3) is 0.667. The topological polar surface area (TPSA) is 183 Å². The molecule has 0 aliphatic rings. The molecule has 0 aromatic carbocycles. The van der Waals surface area contributed by atoms with Gasteiger partial charge in [0.15, 0.2) is 11.4 Å². The van der Waals surface area contributed by atoms with E-state index in [0.717, 1.165) is 18.5 Å². The Bertz CT molecular complexity index is 1500. The lowest BCUT2D eigenvalue weighted by Gasteiger charge is -2.26. The van der Waals surface area contributed by atoms with Crippen LogP contribution in [-0.2, 0) is 24.9 Å². The lowest BCUT2D eigenvalue weighted by Crippen LogP contribution is -2.35. The number of hydrogen-bond acceptors (Lipinski definition) is 12. The van der Waals surface area contributed by atoms with Crippen molar-refractivity contribution in [3.8, 4) is 17.9 Å². The highest BCUT2D eigenvalue weighted by atomic mass is 31.2. The number of pyridine rings is 1. The van der Waals surface area contributed by atoms with E-state index in [1.807, 2.05) is 18.2 Å². The summed E-state index contributed by atoms with van der Waals surface area (Å²) in [4.78, 5) is 18.7. The van der Waals surface area contributed by atoms with E-state index in [1.165, 1.54) is 110 Å². The Morgan fingerprint density at radius 3 is 2.11 bits per heavy atom. The van der Waals surface area contributed by atoms with Gasteiger partial charge in [-0.1, -0.05) is 103 Å². The molecule has 3 unspecified atom stereocenters. The molecule has 0 fully saturated rings. The van der Waals surface area contributed by atoms with Crippen molar-refractivity contribution >= 4 is 19.9 Å². The molecule has 3 N–H and O–H groups in total. The average Bonchev–Trinajstić information content (AvgIpc) is 3.61. The third kappa shape index (κ3) is 17.1. The summed E-state index contributed by atoms with van der Waals surface area (Å²) in [6, 6.07) is 11.1. The summed E-state index contributed by atoms with van der Waals surface area (Å²) in [5.74, 6) is 0.805. The van der Waals surface area contributed by atoms with Gasteiger partial charge in [0.2, 0.25) is 0 Å². The quantitative estimate of drug-likeness (QED) is 0.0473. The molecular weight excluding hydrogens is 693 g/mol. The van der Waals surface area contributed by atoms with E-state index in [-0.39, 0.29) is 31.9 Å². The molecule has 0 bridgehead atoms. The molecule has 14 heteroatoms. The van der Waals surface area contributed by atoms with Crippen LogP contribution in [0.1, 0.15) is 127 Å². The Kier molecular flexibility index (Phi) is 21.9. The second-order valence-electron chi connectivity index (χ2n) is 13.5. The minimum absolute atomic E-state index is 0.0367. The molecule has 0 saturated carbocycles. The molecule has 3 atom stereocenters. The molecule has 3 rings (SSSR count). The zero-order valence-corrected chi connectivity index (χ0v) is 32.7. The first-order valence-corrected chi connectivity index (χ1v) is 20.5. The number of nitrogens with zero attached hydrogens (tertiary/aromatic N) is 6. The number of methoxy groups -OCH3 is 1. The largest absolute Gasteiger partial charge is 0.484 e. The van der Waals surface area contributed by atoms with Crippen molar-refractivity contribution in [3.05, 3.63) is 48.2 Å². The first kappa shape index (κ1) is 44.0. The third-order valence-corrected chi connectivity index (χ3v) is 10.0. The highest BCUT2D eigenvalue weighted by Gasteiger charge is 2.32. The van der Waals surface area contributed by atoms with Gasteiger partial charge in [-0.15, -0.1) is 0 Å². The summed E-state index contributed by atoms with van der Waals surface area (Å²) >= 11 is 0. The van der Waals surface area contributed by atoms with Crippen LogP contribution in [0.2, 0.25) is 0 Å². The number of nitriles is 2. The number of nitrogen functional groups attached to an aromatic ring is 1. The molecule has 0 aliphatic carbocycles. The van der Waals surface area contributed by atoms with Crippen molar-refractivity contribution in [2.45, 2.75) is 134 Å². The maximum Gasteiger partial charge on any atom is 0.330 e. The van der Waals surface area contributed by atoms with Crippen molar-refractivity contribution < 1.29 is 28.2 Å². The molecule has 292 valence electrons. The predicted octanol–water partition coefficient (Wildman–Crippen LogP) is 8.40. The van der Waals surface area contributed by atoms with Crippen LogP contribution in [0.5, 0.6) is 5.75 Å². The van der Waals surface area contributed by atoms with E-state index in [1.54, 1.807) is 16.6 Å². The summed E-state index contributed by atoms with van der Waals surface area (Å²) < 4.78 is 30.4. The zero-order chi connectivity index (χ0) is 38.0. The fourth-order valence-electron chi connectivity index (χ4n) is 6.03. The summed E-state index contributed by atoms with van der Waals surface area (Å²) in [6.07, 6.45) is 23.9. The van der Waals surface area contributed by atoms with Gasteiger partial charge in [-0.25, -0.2) is 14.5 Å². The van der Waals surface area contributed by atoms with Crippen molar-refractivity contribution in [1.29, 1.82) is 10.5 Å². The number of fused-ring (bicyclic) bond motifs is 1. The van der Waals surface area contributed by atoms with Crippen LogP contribution in [0.15, 0.2) is 36.8 Å². The molecule has 0 amide bonds. The summed E-state index contributed by atoms with van der Waals surface area (Å²) in [5.41, 5.74) is 6.38. The van der Waals surface area contributed by atoms with Crippen molar-refractivity contribution in [3.63, 3.8) is 0 Å². The van der Waals surface area contributed by atoms with E-state index in [2.05, 4.69) is 28.1 Å². The lowest BCUT2D eigenvalue weighted by molar-refractivity contribution is -0.0155. The number of aromatic nitrogens is 4. The first-order chi connectivity index (χ1) is 25.9. The minimum Gasteiger partial charge on any atom is -0.484 e. The third-order valence-electron chi connectivity index (χ3n) is 9.32.